The highest BCUT2D eigenvalue weighted by Crippen LogP contribution is 2.20. The van der Waals surface area contributed by atoms with Crippen LogP contribution in [0.25, 0.3) is 0 Å². The topological polar surface area (TPSA) is 96.3 Å². The average molecular weight is 288 g/mol. The zero-order chi connectivity index (χ0) is 15.2. The molecule has 1 heterocycles. The van der Waals surface area contributed by atoms with Gasteiger partial charge in [-0.15, -0.1) is 0 Å². The summed E-state index contributed by atoms with van der Waals surface area (Å²) in [5.41, 5.74) is 1.07. The summed E-state index contributed by atoms with van der Waals surface area (Å²) in [6.07, 6.45) is 5.11. The maximum Gasteiger partial charge on any atom is 0.337 e. The Morgan fingerprint density at radius 3 is 2.86 bits per heavy atom. The number of carbonyl (C=O) groups excluding carboxylic acids is 1. The lowest BCUT2D eigenvalue weighted by atomic mass is 10.1. The molecule has 0 aliphatic rings. The number of rotatable bonds is 5. The van der Waals surface area contributed by atoms with Crippen molar-refractivity contribution < 1.29 is 14.7 Å². The minimum absolute atomic E-state index is 0.0692. The van der Waals surface area contributed by atoms with E-state index in [4.69, 9.17) is 5.11 Å². The number of aryl methyl sites for hydroxylation is 1. The normalized spacial score (nSPS) is 10.1. The summed E-state index contributed by atoms with van der Waals surface area (Å²) in [7, 11) is 0. The number of carbonyl (C=O) groups is 2. The van der Waals surface area contributed by atoms with Gasteiger partial charge in [0.1, 0.15) is 0 Å². The van der Waals surface area contributed by atoms with E-state index in [9.17, 15) is 9.59 Å². The molecule has 21 heavy (non-hydrogen) atoms. The maximum absolute atomic E-state index is 11.8. The number of imidazole rings is 1. The summed E-state index contributed by atoms with van der Waals surface area (Å²) >= 11 is 0. The molecule has 3 N–H and O–H groups in total. The summed E-state index contributed by atoms with van der Waals surface area (Å²) in [6.45, 7) is 2.75. The van der Waals surface area contributed by atoms with Crippen LogP contribution in [-0.4, -0.2) is 33.2 Å². The second-order valence-corrected chi connectivity index (χ2v) is 4.48. The highest BCUT2D eigenvalue weighted by Gasteiger charge is 2.14. The van der Waals surface area contributed by atoms with E-state index >= 15 is 0 Å². The Morgan fingerprint density at radius 1 is 1.38 bits per heavy atom. The Bertz CT molecular complexity index is 638. The van der Waals surface area contributed by atoms with Gasteiger partial charge >= 0.3 is 12.0 Å². The average Bonchev–Trinajstić information content (AvgIpc) is 2.94. The van der Waals surface area contributed by atoms with Crippen LogP contribution in [0, 0.1) is 6.92 Å². The summed E-state index contributed by atoms with van der Waals surface area (Å²) in [4.78, 5) is 26.9. The van der Waals surface area contributed by atoms with Crippen LogP contribution in [0.5, 0.6) is 0 Å². The number of para-hydroxylation sites is 1. The first-order chi connectivity index (χ1) is 10.1. The van der Waals surface area contributed by atoms with Crippen molar-refractivity contribution in [1.82, 2.24) is 14.9 Å². The van der Waals surface area contributed by atoms with Gasteiger partial charge in [-0.3, -0.25) is 0 Å². The van der Waals surface area contributed by atoms with Gasteiger partial charge in [-0.25, -0.2) is 14.6 Å². The number of anilines is 1. The molecule has 0 fully saturated rings. The second-order valence-electron chi connectivity index (χ2n) is 4.48. The Balaban J connectivity index is 1.95. The van der Waals surface area contributed by atoms with Gasteiger partial charge in [0.05, 0.1) is 17.6 Å². The molecule has 0 unspecified atom stereocenters. The van der Waals surface area contributed by atoms with Gasteiger partial charge in [0, 0.05) is 25.5 Å². The zero-order valence-electron chi connectivity index (χ0n) is 11.5. The van der Waals surface area contributed by atoms with Crippen molar-refractivity contribution in [3.8, 4) is 0 Å². The largest absolute Gasteiger partial charge is 0.478 e. The fourth-order valence-corrected chi connectivity index (χ4v) is 1.89. The fraction of sp³-hybridized carbons (Fsp3) is 0.214. The van der Waals surface area contributed by atoms with Crippen LogP contribution >= 0.6 is 0 Å². The van der Waals surface area contributed by atoms with E-state index in [0.717, 1.165) is 0 Å². The van der Waals surface area contributed by atoms with E-state index in [1.165, 1.54) is 6.07 Å². The third-order valence-corrected chi connectivity index (χ3v) is 2.96. The molecule has 7 heteroatoms. The van der Waals surface area contributed by atoms with Gasteiger partial charge < -0.3 is 20.3 Å². The number of benzene rings is 1. The van der Waals surface area contributed by atoms with E-state index in [1.54, 1.807) is 37.8 Å². The van der Waals surface area contributed by atoms with Gasteiger partial charge in [0.15, 0.2) is 0 Å². The van der Waals surface area contributed by atoms with Crippen molar-refractivity contribution in [1.29, 1.82) is 0 Å². The molecule has 2 rings (SSSR count). The van der Waals surface area contributed by atoms with Gasteiger partial charge in [-0.1, -0.05) is 12.1 Å². The lowest BCUT2D eigenvalue weighted by Crippen LogP contribution is -2.32. The number of carboxylic acids is 1. The SMILES string of the molecule is Cc1cccc(C(=O)O)c1NC(=O)NCCn1ccnc1. The van der Waals surface area contributed by atoms with E-state index < -0.39 is 12.0 Å². The van der Waals surface area contributed by atoms with Crippen molar-refractivity contribution in [2.45, 2.75) is 13.5 Å². The fourth-order valence-electron chi connectivity index (χ4n) is 1.89. The second kappa shape index (κ2) is 6.56. The summed E-state index contributed by atoms with van der Waals surface area (Å²) in [5, 5.41) is 14.4. The number of nitrogens with one attached hydrogen (secondary N) is 2. The lowest BCUT2D eigenvalue weighted by Gasteiger charge is -2.12. The van der Waals surface area contributed by atoms with Crippen LogP contribution in [0.1, 0.15) is 15.9 Å². The highest BCUT2D eigenvalue weighted by molar-refractivity contribution is 6.00. The lowest BCUT2D eigenvalue weighted by molar-refractivity contribution is 0.0698. The predicted octanol–water partition coefficient (Wildman–Crippen LogP) is 1.71. The van der Waals surface area contributed by atoms with Crippen molar-refractivity contribution in [2.75, 3.05) is 11.9 Å². The van der Waals surface area contributed by atoms with Gasteiger partial charge in [0.2, 0.25) is 0 Å². The van der Waals surface area contributed by atoms with Crippen molar-refractivity contribution in [2.24, 2.45) is 0 Å². The number of amides is 2. The molecular weight excluding hydrogens is 272 g/mol. The molecule has 0 radical (unpaired) electrons. The number of urea groups is 1. The first-order valence-corrected chi connectivity index (χ1v) is 6.41. The number of carboxylic acid groups (broad SMARTS) is 1. The quantitative estimate of drug-likeness (QED) is 0.780. The number of hydrogen-bond acceptors (Lipinski definition) is 3. The van der Waals surface area contributed by atoms with Gasteiger partial charge in [-0.2, -0.15) is 0 Å². The Kier molecular flexibility index (Phi) is 4.55. The molecule has 0 spiro atoms. The third kappa shape index (κ3) is 3.82. The van der Waals surface area contributed by atoms with Crippen LogP contribution in [-0.2, 0) is 6.54 Å². The van der Waals surface area contributed by atoms with Gasteiger partial charge in [-0.05, 0) is 18.6 Å². The van der Waals surface area contributed by atoms with Gasteiger partial charge in [0.25, 0.3) is 0 Å². The standard InChI is InChI=1S/C14H16N4O3/c1-10-3-2-4-11(13(19)20)12(10)17-14(21)16-6-8-18-7-5-15-9-18/h2-5,7,9H,6,8H2,1H3,(H,19,20)(H2,16,17,21). The van der Waals surface area contributed by atoms with E-state index in [0.29, 0.717) is 24.3 Å². The van der Waals surface area contributed by atoms with Crippen LogP contribution in [0.15, 0.2) is 36.9 Å². The van der Waals surface area contributed by atoms with Crippen molar-refractivity contribution >= 4 is 17.7 Å². The van der Waals surface area contributed by atoms with Crippen LogP contribution in [0.4, 0.5) is 10.5 Å². The first kappa shape index (κ1) is 14.6. The number of hydrogen-bond donors (Lipinski definition) is 3. The molecule has 0 saturated heterocycles. The van der Waals surface area contributed by atoms with Crippen LogP contribution in [0.2, 0.25) is 0 Å². The third-order valence-electron chi connectivity index (χ3n) is 2.96. The Hall–Kier alpha value is -2.83. The minimum atomic E-state index is -1.08. The smallest absolute Gasteiger partial charge is 0.337 e. The molecule has 1 aromatic carbocycles. The van der Waals surface area contributed by atoms with Crippen molar-refractivity contribution in [3.05, 3.63) is 48.0 Å². The Morgan fingerprint density at radius 2 is 2.19 bits per heavy atom. The summed E-state index contributed by atoms with van der Waals surface area (Å²) < 4.78 is 1.83. The van der Waals surface area contributed by atoms with E-state index in [2.05, 4.69) is 15.6 Å². The number of aromatic carboxylic acids is 1. The monoisotopic (exact) mass is 288 g/mol. The van der Waals surface area contributed by atoms with Crippen molar-refractivity contribution in [3.63, 3.8) is 0 Å². The molecule has 0 atom stereocenters. The molecule has 7 nitrogen and oxygen atoms in total. The zero-order valence-corrected chi connectivity index (χ0v) is 11.5. The molecule has 0 aliphatic heterocycles. The predicted molar refractivity (Wildman–Crippen MR) is 77.4 cm³/mol. The van der Waals surface area contributed by atoms with Crippen LogP contribution < -0.4 is 10.6 Å². The number of aromatic nitrogens is 2. The summed E-state index contributed by atoms with van der Waals surface area (Å²) in [5.74, 6) is -1.08. The Labute approximate surface area is 121 Å². The molecule has 0 bridgehead atoms. The number of nitrogens with zero attached hydrogens (tertiary/aromatic N) is 2. The molecule has 110 valence electrons. The molecule has 0 saturated carbocycles. The van der Waals surface area contributed by atoms with Crippen LogP contribution in [0.3, 0.4) is 0 Å². The summed E-state index contributed by atoms with van der Waals surface area (Å²) in [6, 6.07) is 4.40. The maximum atomic E-state index is 11.8. The molecule has 2 amide bonds. The highest BCUT2D eigenvalue weighted by atomic mass is 16.4. The molecule has 2 aromatic rings. The van der Waals surface area contributed by atoms with E-state index in [1.807, 2.05) is 4.57 Å². The minimum Gasteiger partial charge on any atom is -0.478 e. The molecule has 0 aliphatic carbocycles. The van der Waals surface area contributed by atoms with E-state index in [-0.39, 0.29) is 5.56 Å². The first-order valence-electron chi connectivity index (χ1n) is 6.41. The molecule has 1 aromatic heterocycles. The molecular formula is C14H16N4O3.